The minimum atomic E-state index is -4.45. The molecule has 2 heterocycles. The van der Waals surface area contributed by atoms with Crippen LogP contribution in [-0.4, -0.2) is 31.2 Å². The predicted octanol–water partition coefficient (Wildman–Crippen LogP) is 6.24. The molecule has 1 aliphatic heterocycles. The van der Waals surface area contributed by atoms with Gasteiger partial charge in [0.15, 0.2) is 0 Å². The van der Waals surface area contributed by atoms with E-state index in [1.165, 1.54) is 23.3 Å². The Hall–Kier alpha value is -2.80. The van der Waals surface area contributed by atoms with Gasteiger partial charge in [0.2, 0.25) is 0 Å². The number of allylic oxidation sites excluding steroid dienone is 3. The van der Waals surface area contributed by atoms with Gasteiger partial charge in [-0.1, -0.05) is 30.7 Å². The molecule has 1 unspecified atom stereocenters. The first-order valence-corrected chi connectivity index (χ1v) is 11.6. The average Bonchev–Trinajstić information content (AvgIpc) is 2.81. The number of hydrogen-bond donors (Lipinski definition) is 2. The average molecular weight is 457 g/mol. The van der Waals surface area contributed by atoms with Crippen LogP contribution in [-0.2, 0) is 6.18 Å². The van der Waals surface area contributed by atoms with E-state index < -0.39 is 11.7 Å². The molecule has 1 fully saturated rings. The molecule has 1 aliphatic carbocycles. The maximum Gasteiger partial charge on any atom is 0.417 e. The highest BCUT2D eigenvalue weighted by Crippen LogP contribution is 2.38. The Morgan fingerprint density at radius 2 is 1.85 bits per heavy atom. The normalized spacial score (nSPS) is 19.5. The van der Waals surface area contributed by atoms with E-state index in [0.717, 1.165) is 56.5 Å². The van der Waals surface area contributed by atoms with E-state index in [1.807, 2.05) is 6.07 Å². The summed E-state index contributed by atoms with van der Waals surface area (Å²) in [6.07, 6.45) is -0.204. The minimum Gasteiger partial charge on any atom is -0.355 e. The molecule has 1 aromatic heterocycles. The van der Waals surface area contributed by atoms with Crippen molar-refractivity contribution in [3.05, 3.63) is 64.9 Å². The van der Waals surface area contributed by atoms with Crippen molar-refractivity contribution < 1.29 is 13.2 Å². The van der Waals surface area contributed by atoms with Crippen LogP contribution in [0.15, 0.2) is 59.3 Å². The quantitative estimate of drug-likeness (QED) is 0.559. The van der Waals surface area contributed by atoms with E-state index in [9.17, 15) is 13.2 Å². The first kappa shape index (κ1) is 23.4. The molecule has 4 nitrogen and oxygen atoms in total. The van der Waals surface area contributed by atoms with Crippen molar-refractivity contribution in [2.24, 2.45) is 5.92 Å². The lowest BCUT2D eigenvalue weighted by Gasteiger charge is -2.30. The SMILES string of the molecule is CCC1CC(C)=C(Nc2cc(-c3ccccc3C(F)(F)F)nc(N3CCNCC3)c2)C=C1C. The van der Waals surface area contributed by atoms with Gasteiger partial charge in [-0.15, -0.1) is 0 Å². The summed E-state index contributed by atoms with van der Waals surface area (Å²) in [5, 5.41) is 6.80. The van der Waals surface area contributed by atoms with Crippen molar-refractivity contribution in [1.82, 2.24) is 10.3 Å². The standard InChI is InChI=1S/C26H31F3N4/c1-4-19-13-18(3)23(14-17(19)2)31-20-15-24(21-7-5-6-8-22(21)26(27,28)29)32-25(16-20)33-11-9-30-10-12-33/h5-8,14-16,19,30H,4,9-13H2,1-3H3,(H,31,32). The number of anilines is 2. The molecule has 7 heteroatoms. The first-order valence-electron chi connectivity index (χ1n) is 11.6. The summed E-state index contributed by atoms with van der Waals surface area (Å²) in [7, 11) is 0. The molecular formula is C26H31F3N4. The fraction of sp³-hybridized carbons (Fsp3) is 0.423. The van der Waals surface area contributed by atoms with Gasteiger partial charge in [-0.2, -0.15) is 13.2 Å². The molecule has 0 saturated carbocycles. The number of benzene rings is 1. The maximum atomic E-state index is 13.7. The number of hydrogen-bond acceptors (Lipinski definition) is 4. The zero-order chi connectivity index (χ0) is 23.6. The fourth-order valence-corrected chi connectivity index (χ4v) is 4.61. The zero-order valence-corrected chi connectivity index (χ0v) is 19.4. The van der Waals surface area contributed by atoms with Crippen molar-refractivity contribution >= 4 is 11.5 Å². The lowest BCUT2D eigenvalue weighted by atomic mass is 9.85. The number of piperazine rings is 1. The molecular weight excluding hydrogens is 425 g/mol. The monoisotopic (exact) mass is 456 g/mol. The van der Waals surface area contributed by atoms with E-state index in [4.69, 9.17) is 0 Å². The van der Waals surface area contributed by atoms with Crippen LogP contribution < -0.4 is 15.5 Å². The van der Waals surface area contributed by atoms with E-state index in [0.29, 0.717) is 17.4 Å². The third kappa shape index (κ3) is 5.24. The van der Waals surface area contributed by atoms with Crippen LogP contribution >= 0.6 is 0 Å². The molecule has 2 aromatic rings. The molecule has 0 amide bonds. The molecule has 2 aliphatic rings. The Morgan fingerprint density at radius 1 is 1.12 bits per heavy atom. The second-order valence-corrected chi connectivity index (χ2v) is 8.90. The number of pyridine rings is 1. The highest BCUT2D eigenvalue weighted by atomic mass is 19.4. The van der Waals surface area contributed by atoms with E-state index in [2.05, 4.69) is 47.4 Å². The number of aromatic nitrogens is 1. The number of rotatable bonds is 5. The van der Waals surface area contributed by atoms with E-state index in [1.54, 1.807) is 12.1 Å². The Balaban J connectivity index is 1.77. The Labute approximate surface area is 193 Å². The molecule has 0 radical (unpaired) electrons. The van der Waals surface area contributed by atoms with E-state index >= 15 is 0 Å². The maximum absolute atomic E-state index is 13.7. The highest BCUT2D eigenvalue weighted by Gasteiger charge is 2.34. The molecule has 176 valence electrons. The predicted molar refractivity (Wildman–Crippen MR) is 128 cm³/mol. The Kier molecular flexibility index (Phi) is 6.79. The van der Waals surface area contributed by atoms with Gasteiger partial charge in [0.25, 0.3) is 0 Å². The smallest absolute Gasteiger partial charge is 0.355 e. The number of alkyl halides is 3. The zero-order valence-electron chi connectivity index (χ0n) is 19.4. The van der Waals surface area contributed by atoms with Gasteiger partial charge >= 0.3 is 6.18 Å². The number of nitrogens with zero attached hydrogens (tertiary/aromatic N) is 2. The lowest BCUT2D eigenvalue weighted by molar-refractivity contribution is -0.137. The van der Waals surface area contributed by atoms with Crippen molar-refractivity contribution in [2.75, 3.05) is 36.4 Å². The third-order valence-electron chi connectivity index (χ3n) is 6.56. The van der Waals surface area contributed by atoms with Crippen LogP contribution in [0.25, 0.3) is 11.3 Å². The first-order chi connectivity index (χ1) is 15.8. The third-order valence-corrected chi connectivity index (χ3v) is 6.56. The van der Waals surface area contributed by atoms with Crippen molar-refractivity contribution in [1.29, 1.82) is 0 Å². The summed E-state index contributed by atoms with van der Waals surface area (Å²) in [4.78, 5) is 6.80. The molecule has 0 spiro atoms. The van der Waals surface area contributed by atoms with Gasteiger partial charge in [0.1, 0.15) is 5.82 Å². The summed E-state index contributed by atoms with van der Waals surface area (Å²) in [5.41, 5.74) is 4.09. The van der Waals surface area contributed by atoms with Gasteiger partial charge in [-0.05, 0) is 56.4 Å². The molecule has 0 bridgehead atoms. The summed E-state index contributed by atoms with van der Waals surface area (Å²) in [6.45, 7) is 9.61. The molecule has 2 N–H and O–H groups in total. The van der Waals surface area contributed by atoms with Crippen molar-refractivity contribution in [3.8, 4) is 11.3 Å². The minimum absolute atomic E-state index is 0.0946. The molecule has 1 saturated heterocycles. The molecule has 33 heavy (non-hydrogen) atoms. The number of halogens is 3. The summed E-state index contributed by atoms with van der Waals surface area (Å²) in [5.74, 6) is 1.23. The van der Waals surface area contributed by atoms with Crippen LogP contribution in [0.1, 0.15) is 39.2 Å². The topological polar surface area (TPSA) is 40.2 Å². The number of nitrogens with one attached hydrogen (secondary N) is 2. The van der Waals surface area contributed by atoms with Gasteiger partial charge in [0, 0.05) is 49.2 Å². The van der Waals surface area contributed by atoms with Crippen LogP contribution in [0, 0.1) is 5.92 Å². The van der Waals surface area contributed by atoms with Gasteiger partial charge < -0.3 is 15.5 Å². The summed E-state index contributed by atoms with van der Waals surface area (Å²) in [6, 6.07) is 9.33. The Bertz CT molecular complexity index is 1070. The van der Waals surface area contributed by atoms with Gasteiger partial charge in [-0.3, -0.25) is 0 Å². The molecule has 4 rings (SSSR count). The lowest BCUT2D eigenvalue weighted by Crippen LogP contribution is -2.43. The largest absolute Gasteiger partial charge is 0.417 e. The summed E-state index contributed by atoms with van der Waals surface area (Å²) >= 11 is 0. The van der Waals surface area contributed by atoms with Crippen molar-refractivity contribution in [3.63, 3.8) is 0 Å². The van der Waals surface area contributed by atoms with Crippen molar-refractivity contribution in [2.45, 2.75) is 39.8 Å². The van der Waals surface area contributed by atoms with Crippen LogP contribution in [0.2, 0.25) is 0 Å². The van der Waals surface area contributed by atoms with Crippen LogP contribution in [0.3, 0.4) is 0 Å². The van der Waals surface area contributed by atoms with Gasteiger partial charge in [-0.25, -0.2) is 4.98 Å². The molecule has 1 atom stereocenters. The summed E-state index contributed by atoms with van der Waals surface area (Å²) < 4.78 is 41.2. The highest BCUT2D eigenvalue weighted by molar-refractivity contribution is 5.72. The van der Waals surface area contributed by atoms with Crippen LogP contribution in [0.4, 0.5) is 24.7 Å². The molecule has 1 aromatic carbocycles. The van der Waals surface area contributed by atoms with Crippen LogP contribution in [0.5, 0.6) is 0 Å². The van der Waals surface area contributed by atoms with Gasteiger partial charge in [0.05, 0.1) is 11.3 Å². The second-order valence-electron chi connectivity index (χ2n) is 8.90. The van der Waals surface area contributed by atoms with E-state index in [-0.39, 0.29) is 5.56 Å². The second kappa shape index (κ2) is 9.59. The fourth-order valence-electron chi connectivity index (χ4n) is 4.61. The Morgan fingerprint density at radius 3 is 2.55 bits per heavy atom.